The maximum absolute atomic E-state index is 12.0. The Morgan fingerprint density at radius 1 is 1.53 bits per heavy atom. The van der Waals surface area contributed by atoms with Gasteiger partial charge in [-0.15, -0.1) is 0 Å². The van der Waals surface area contributed by atoms with Crippen molar-refractivity contribution in [1.29, 1.82) is 0 Å². The van der Waals surface area contributed by atoms with Crippen LogP contribution in [0.25, 0.3) is 0 Å². The summed E-state index contributed by atoms with van der Waals surface area (Å²) in [6.07, 6.45) is 1.78. The Balaban J connectivity index is 2.60. The van der Waals surface area contributed by atoms with Crippen LogP contribution in [0.15, 0.2) is 0 Å². The van der Waals surface area contributed by atoms with E-state index in [-0.39, 0.29) is 18.2 Å². The fraction of sp³-hybridized carbons (Fsp3) is 0.818. The number of aliphatic carboxylic acids is 1. The number of carbonyl (C=O) groups is 2. The fourth-order valence-corrected chi connectivity index (χ4v) is 2.05. The zero-order valence-electron chi connectivity index (χ0n) is 10.6. The van der Waals surface area contributed by atoms with E-state index in [2.05, 4.69) is 0 Å². The van der Waals surface area contributed by atoms with Gasteiger partial charge in [0.25, 0.3) is 0 Å². The van der Waals surface area contributed by atoms with Crippen LogP contribution < -0.4 is 0 Å². The average Bonchev–Trinajstić information content (AvgIpc) is 2.27. The third kappa shape index (κ3) is 3.59. The molecule has 0 radical (unpaired) electrons. The second-order valence-corrected chi connectivity index (χ2v) is 4.71. The van der Waals surface area contributed by atoms with Gasteiger partial charge in [0.1, 0.15) is 6.54 Å². The number of likely N-dealkylation sites (N-methyl/N-ethyl adjacent to an activating group) is 1. The lowest BCUT2D eigenvalue weighted by Gasteiger charge is -2.40. The number of amides is 2. The highest BCUT2D eigenvalue weighted by Crippen LogP contribution is 2.24. The number of carboxylic acid groups (broad SMARTS) is 1. The summed E-state index contributed by atoms with van der Waals surface area (Å²) in [5.74, 6) is -1.01. The number of carbonyl (C=O) groups excluding carboxylic acids is 1. The minimum Gasteiger partial charge on any atom is -0.480 e. The van der Waals surface area contributed by atoms with Crippen LogP contribution in [0.2, 0.25) is 0 Å². The second kappa shape index (κ2) is 5.35. The Bertz CT molecular complexity index is 308. The molecule has 1 saturated heterocycles. The van der Waals surface area contributed by atoms with Crippen LogP contribution >= 0.6 is 0 Å². The predicted molar refractivity (Wildman–Crippen MR) is 61.9 cm³/mol. The molecule has 1 N–H and O–H groups in total. The molecule has 6 heteroatoms. The number of hydrogen-bond donors (Lipinski definition) is 1. The van der Waals surface area contributed by atoms with Gasteiger partial charge in [0, 0.05) is 20.7 Å². The Morgan fingerprint density at radius 2 is 2.18 bits per heavy atom. The number of hydrogen-bond acceptors (Lipinski definition) is 3. The topological polar surface area (TPSA) is 70.1 Å². The first-order chi connectivity index (χ1) is 7.88. The average molecular weight is 244 g/mol. The van der Waals surface area contributed by atoms with Gasteiger partial charge < -0.3 is 19.6 Å². The maximum atomic E-state index is 12.0. The first kappa shape index (κ1) is 13.8. The molecular weight excluding hydrogens is 224 g/mol. The molecule has 98 valence electrons. The van der Waals surface area contributed by atoms with E-state index in [9.17, 15) is 9.59 Å². The minimum atomic E-state index is -1.01. The SMILES string of the molecule is COC1(C)CCCN(C(=O)N(C)CC(=O)O)C1. The molecule has 0 aromatic heterocycles. The third-order valence-corrected chi connectivity index (χ3v) is 3.12. The molecule has 1 rings (SSSR count). The van der Waals surface area contributed by atoms with Crippen molar-refractivity contribution in [3.05, 3.63) is 0 Å². The molecule has 0 aliphatic carbocycles. The van der Waals surface area contributed by atoms with E-state index in [1.807, 2.05) is 6.92 Å². The molecule has 0 aromatic carbocycles. The number of piperidine rings is 1. The van der Waals surface area contributed by atoms with Gasteiger partial charge >= 0.3 is 12.0 Å². The summed E-state index contributed by atoms with van der Waals surface area (Å²) in [7, 11) is 3.13. The van der Waals surface area contributed by atoms with Crippen molar-refractivity contribution in [3.8, 4) is 0 Å². The highest BCUT2D eigenvalue weighted by Gasteiger charge is 2.34. The van der Waals surface area contributed by atoms with Gasteiger partial charge in [0.2, 0.25) is 0 Å². The molecule has 1 aliphatic heterocycles. The van der Waals surface area contributed by atoms with Gasteiger partial charge in [-0.05, 0) is 19.8 Å². The molecule has 6 nitrogen and oxygen atoms in total. The second-order valence-electron chi connectivity index (χ2n) is 4.71. The maximum Gasteiger partial charge on any atom is 0.323 e. The molecule has 0 spiro atoms. The van der Waals surface area contributed by atoms with E-state index in [1.165, 1.54) is 11.9 Å². The van der Waals surface area contributed by atoms with Gasteiger partial charge in [0.05, 0.1) is 12.1 Å². The van der Waals surface area contributed by atoms with Crippen molar-refractivity contribution in [2.24, 2.45) is 0 Å². The van der Waals surface area contributed by atoms with Gasteiger partial charge in [0.15, 0.2) is 0 Å². The van der Waals surface area contributed by atoms with Gasteiger partial charge in [-0.2, -0.15) is 0 Å². The van der Waals surface area contributed by atoms with E-state index in [1.54, 1.807) is 12.0 Å². The van der Waals surface area contributed by atoms with E-state index < -0.39 is 5.97 Å². The number of methoxy groups -OCH3 is 1. The Hall–Kier alpha value is -1.30. The Morgan fingerprint density at radius 3 is 2.71 bits per heavy atom. The summed E-state index contributed by atoms with van der Waals surface area (Å²) in [6, 6.07) is -0.254. The summed E-state index contributed by atoms with van der Waals surface area (Å²) < 4.78 is 5.39. The zero-order valence-corrected chi connectivity index (χ0v) is 10.6. The number of rotatable bonds is 3. The van der Waals surface area contributed by atoms with E-state index in [4.69, 9.17) is 9.84 Å². The van der Waals surface area contributed by atoms with E-state index in [0.29, 0.717) is 13.1 Å². The molecule has 1 aliphatic rings. The quantitative estimate of drug-likeness (QED) is 0.790. The van der Waals surface area contributed by atoms with Crippen molar-refractivity contribution in [2.75, 3.05) is 33.8 Å². The Labute approximate surface area is 101 Å². The number of ether oxygens (including phenoxy) is 1. The van der Waals surface area contributed by atoms with Crippen LogP contribution in [-0.4, -0.2) is 66.3 Å². The summed E-state index contributed by atoms with van der Waals surface area (Å²) in [5, 5.41) is 8.64. The van der Waals surface area contributed by atoms with E-state index >= 15 is 0 Å². The summed E-state index contributed by atoms with van der Waals surface area (Å²) in [6.45, 7) is 2.84. The van der Waals surface area contributed by atoms with Gasteiger partial charge in [-0.3, -0.25) is 4.79 Å². The molecule has 1 heterocycles. The van der Waals surface area contributed by atoms with Crippen LogP contribution in [-0.2, 0) is 9.53 Å². The predicted octanol–water partition coefficient (Wildman–Crippen LogP) is 0.624. The molecule has 0 bridgehead atoms. The van der Waals surface area contributed by atoms with Gasteiger partial charge in [-0.25, -0.2) is 4.79 Å². The van der Waals surface area contributed by atoms with Crippen LogP contribution in [0, 0.1) is 0 Å². The van der Waals surface area contributed by atoms with Crippen molar-refractivity contribution in [1.82, 2.24) is 9.80 Å². The highest BCUT2D eigenvalue weighted by atomic mass is 16.5. The standard InChI is InChI=1S/C11H20N2O4/c1-11(17-3)5-4-6-13(8-11)10(16)12(2)7-9(14)15/h4-8H2,1-3H3,(H,14,15). The molecule has 17 heavy (non-hydrogen) atoms. The summed E-state index contributed by atoms with van der Waals surface area (Å²) in [5.41, 5.74) is -0.321. The molecule has 0 aromatic rings. The van der Waals surface area contributed by atoms with Crippen LogP contribution in [0.1, 0.15) is 19.8 Å². The smallest absolute Gasteiger partial charge is 0.323 e. The van der Waals surface area contributed by atoms with Crippen LogP contribution in [0.3, 0.4) is 0 Å². The fourth-order valence-electron chi connectivity index (χ4n) is 2.05. The molecule has 2 amide bonds. The number of carboxylic acids is 1. The molecule has 1 unspecified atom stereocenters. The van der Waals surface area contributed by atoms with Crippen LogP contribution in [0.5, 0.6) is 0 Å². The van der Waals surface area contributed by atoms with Crippen molar-refractivity contribution < 1.29 is 19.4 Å². The highest BCUT2D eigenvalue weighted by molar-refractivity contribution is 5.80. The first-order valence-electron chi connectivity index (χ1n) is 5.65. The minimum absolute atomic E-state index is 0.254. The van der Waals surface area contributed by atoms with Crippen molar-refractivity contribution in [2.45, 2.75) is 25.4 Å². The lowest BCUT2D eigenvalue weighted by Crippen LogP contribution is -2.53. The van der Waals surface area contributed by atoms with Crippen molar-refractivity contribution in [3.63, 3.8) is 0 Å². The molecule has 0 saturated carbocycles. The number of urea groups is 1. The normalized spacial score (nSPS) is 24.5. The largest absolute Gasteiger partial charge is 0.480 e. The molecule has 1 atom stereocenters. The molecule has 1 fully saturated rings. The number of nitrogens with zero attached hydrogens (tertiary/aromatic N) is 2. The summed E-state index contributed by atoms with van der Waals surface area (Å²) in [4.78, 5) is 25.4. The van der Waals surface area contributed by atoms with Gasteiger partial charge in [-0.1, -0.05) is 0 Å². The third-order valence-electron chi connectivity index (χ3n) is 3.12. The lowest BCUT2D eigenvalue weighted by atomic mass is 9.95. The zero-order chi connectivity index (χ0) is 13.1. The first-order valence-corrected chi connectivity index (χ1v) is 5.65. The Kier molecular flexibility index (Phi) is 4.34. The number of likely N-dealkylation sites (tertiary alicyclic amines) is 1. The van der Waals surface area contributed by atoms with Crippen molar-refractivity contribution >= 4 is 12.0 Å². The monoisotopic (exact) mass is 244 g/mol. The van der Waals surface area contributed by atoms with E-state index in [0.717, 1.165) is 12.8 Å². The van der Waals surface area contributed by atoms with Crippen LogP contribution in [0.4, 0.5) is 4.79 Å². The lowest BCUT2D eigenvalue weighted by molar-refractivity contribution is -0.137. The molecular formula is C11H20N2O4. The summed E-state index contributed by atoms with van der Waals surface area (Å²) >= 11 is 0.